The van der Waals surface area contributed by atoms with Gasteiger partial charge in [0.25, 0.3) is 0 Å². The zero-order chi connectivity index (χ0) is 13.6. The molecule has 1 saturated heterocycles. The van der Waals surface area contributed by atoms with E-state index in [4.69, 9.17) is 0 Å². The predicted molar refractivity (Wildman–Crippen MR) is 71.7 cm³/mol. The minimum Gasteiger partial charge on any atom is -0.356 e. The Balaban J connectivity index is 2.22. The molecule has 6 heteroatoms. The van der Waals surface area contributed by atoms with Crippen LogP contribution in [0.15, 0.2) is 0 Å². The molecule has 1 rings (SSSR count). The maximum absolute atomic E-state index is 11.5. The van der Waals surface area contributed by atoms with Gasteiger partial charge in [0, 0.05) is 26.1 Å². The number of rotatable bonds is 6. The summed E-state index contributed by atoms with van der Waals surface area (Å²) in [6.45, 7) is 3.90. The van der Waals surface area contributed by atoms with Gasteiger partial charge in [-0.05, 0) is 25.2 Å². The van der Waals surface area contributed by atoms with Crippen LogP contribution in [0.2, 0.25) is 0 Å². The number of unbranched alkanes of at least 4 members (excludes halogenated alkanes) is 1. The number of carbonyl (C=O) groups excluding carboxylic acids is 1. The average molecular weight is 276 g/mol. The Morgan fingerprint density at radius 1 is 1.33 bits per heavy atom. The van der Waals surface area contributed by atoms with Crippen LogP contribution in [0.5, 0.6) is 0 Å². The van der Waals surface area contributed by atoms with Gasteiger partial charge in [0.1, 0.15) is 0 Å². The van der Waals surface area contributed by atoms with Gasteiger partial charge in [0.2, 0.25) is 15.9 Å². The summed E-state index contributed by atoms with van der Waals surface area (Å²) in [7, 11) is -3.05. The smallest absolute Gasteiger partial charge is 0.220 e. The van der Waals surface area contributed by atoms with Gasteiger partial charge in [0.15, 0.2) is 0 Å². The third-order valence-corrected chi connectivity index (χ3v) is 4.69. The third-order valence-electron chi connectivity index (χ3n) is 3.39. The van der Waals surface area contributed by atoms with Crippen molar-refractivity contribution in [3.63, 3.8) is 0 Å². The zero-order valence-corrected chi connectivity index (χ0v) is 12.1. The molecule has 0 aromatic rings. The van der Waals surface area contributed by atoms with Gasteiger partial charge in [0.05, 0.1) is 6.26 Å². The van der Waals surface area contributed by atoms with Crippen LogP contribution < -0.4 is 5.32 Å². The standard InChI is InChI=1S/C12H24N2O3S/c1-3-4-5-12(15)13-10-11-6-8-14(9-7-11)18(2,16)17/h11H,3-10H2,1-2H3,(H,13,15). The van der Waals surface area contributed by atoms with E-state index < -0.39 is 10.0 Å². The monoisotopic (exact) mass is 276 g/mol. The lowest BCUT2D eigenvalue weighted by atomic mass is 9.98. The molecule has 18 heavy (non-hydrogen) atoms. The minimum atomic E-state index is -3.05. The molecule has 0 aromatic carbocycles. The minimum absolute atomic E-state index is 0.113. The normalized spacial score (nSPS) is 18.8. The molecule has 0 saturated carbocycles. The van der Waals surface area contributed by atoms with Crippen molar-refractivity contribution in [2.24, 2.45) is 5.92 Å². The van der Waals surface area contributed by atoms with Crippen LogP contribution in [0.1, 0.15) is 39.0 Å². The largest absolute Gasteiger partial charge is 0.356 e. The van der Waals surface area contributed by atoms with Gasteiger partial charge in [-0.1, -0.05) is 13.3 Å². The van der Waals surface area contributed by atoms with E-state index in [1.807, 2.05) is 0 Å². The molecule has 0 atom stereocenters. The molecule has 1 amide bonds. The Bertz CT molecular complexity index is 360. The molecule has 0 aliphatic carbocycles. The SMILES string of the molecule is CCCCC(=O)NCC1CCN(S(C)(=O)=O)CC1. The van der Waals surface area contributed by atoms with E-state index in [-0.39, 0.29) is 5.91 Å². The highest BCUT2D eigenvalue weighted by Crippen LogP contribution is 2.18. The summed E-state index contributed by atoms with van der Waals surface area (Å²) in [6.07, 6.45) is 5.47. The highest BCUT2D eigenvalue weighted by Gasteiger charge is 2.24. The Hall–Kier alpha value is -0.620. The summed E-state index contributed by atoms with van der Waals surface area (Å²) < 4.78 is 24.2. The van der Waals surface area contributed by atoms with Gasteiger partial charge >= 0.3 is 0 Å². The first-order chi connectivity index (χ1) is 8.43. The summed E-state index contributed by atoms with van der Waals surface area (Å²) in [5.41, 5.74) is 0. The lowest BCUT2D eigenvalue weighted by Crippen LogP contribution is -2.41. The number of hydrogen-bond acceptors (Lipinski definition) is 3. The Labute approximate surface area is 110 Å². The summed E-state index contributed by atoms with van der Waals surface area (Å²) in [4.78, 5) is 11.5. The van der Waals surface area contributed by atoms with Gasteiger partial charge < -0.3 is 5.32 Å². The molecule has 1 aliphatic rings. The molecule has 5 nitrogen and oxygen atoms in total. The van der Waals surface area contributed by atoms with Crippen LogP contribution in [0.4, 0.5) is 0 Å². The number of nitrogens with zero attached hydrogens (tertiary/aromatic N) is 1. The molecule has 1 N–H and O–H groups in total. The lowest BCUT2D eigenvalue weighted by molar-refractivity contribution is -0.121. The maximum Gasteiger partial charge on any atom is 0.220 e. The number of nitrogens with one attached hydrogen (secondary N) is 1. The van der Waals surface area contributed by atoms with Crippen molar-refractivity contribution in [1.82, 2.24) is 9.62 Å². The van der Waals surface area contributed by atoms with Crippen LogP contribution in [0, 0.1) is 5.92 Å². The van der Waals surface area contributed by atoms with Gasteiger partial charge in [-0.2, -0.15) is 0 Å². The highest BCUT2D eigenvalue weighted by molar-refractivity contribution is 7.88. The molecule has 0 spiro atoms. The first-order valence-corrected chi connectivity index (χ1v) is 8.50. The molecule has 0 unspecified atom stereocenters. The Morgan fingerprint density at radius 2 is 1.94 bits per heavy atom. The number of hydrogen-bond donors (Lipinski definition) is 1. The summed E-state index contributed by atoms with van der Waals surface area (Å²) in [6, 6.07) is 0. The van der Waals surface area contributed by atoms with E-state index in [2.05, 4.69) is 12.2 Å². The van der Waals surface area contributed by atoms with Crippen molar-refractivity contribution >= 4 is 15.9 Å². The van der Waals surface area contributed by atoms with Crippen LogP contribution in [-0.4, -0.2) is 44.5 Å². The van der Waals surface area contributed by atoms with Crippen molar-refractivity contribution < 1.29 is 13.2 Å². The predicted octanol–water partition coefficient (Wildman–Crippen LogP) is 0.964. The molecule has 1 heterocycles. The van der Waals surface area contributed by atoms with E-state index in [1.54, 1.807) is 0 Å². The first kappa shape index (κ1) is 15.4. The maximum atomic E-state index is 11.5. The highest BCUT2D eigenvalue weighted by atomic mass is 32.2. The summed E-state index contributed by atoms with van der Waals surface area (Å²) in [5.74, 6) is 0.524. The molecule has 0 aromatic heterocycles. The van der Waals surface area contributed by atoms with Crippen molar-refractivity contribution in [3.05, 3.63) is 0 Å². The van der Waals surface area contributed by atoms with Crippen molar-refractivity contribution in [2.75, 3.05) is 25.9 Å². The number of amides is 1. The van der Waals surface area contributed by atoms with E-state index in [1.165, 1.54) is 10.6 Å². The van der Waals surface area contributed by atoms with E-state index >= 15 is 0 Å². The topological polar surface area (TPSA) is 66.5 Å². The second-order valence-electron chi connectivity index (χ2n) is 5.01. The lowest BCUT2D eigenvalue weighted by Gasteiger charge is -2.30. The first-order valence-electron chi connectivity index (χ1n) is 6.65. The molecular formula is C12H24N2O3S. The quantitative estimate of drug-likeness (QED) is 0.786. The Morgan fingerprint density at radius 3 is 2.44 bits per heavy atom. The van der Waals surface area contributed by atoms with Crippen LogP contribution in [0.3, 0.4) is 0 Å². The van der Waals surface area contributed by atoms with Crippen molar-refractivity contribution in [2.45, 2.75) is 39.0 Å². The fourth-order valence-electron chi connectivity index (χ4n) is 2.13. The zero-order valence-electron chi connectivity index (χ0n) is 11.3. The molecule has 0 bridgehead atoms. The summed E-state index contributed by atoms with van der Waals surface area (Å²) in [5, 5.41) is 2.93. The number of piperidine rings is 1. The van der Waals surface area contributed by atoms with E-state index in [9.17, 15) is 13.2 Å². The number of carbonyl (C=O) groups is 1. The average Bonchev–Trinajstić information content (AvgIpc) is 2.33. The third kappa shape index (κ3) is 5.35. The van der Waals surface area contributed by atoms with Gasteiger partial charge in [-0.3, -0.25) is 4.79 Å². The molecular weight excluding hydrogens is 252 g/mol. The van der Waals surface area contributed by atoms with Crippen LogP contribution in [-0.2, 0) is 14.8 Å². The Kier molecular flexibility index (Phi) is 6.08. The molecule has 1 fully saturated rings. The van der Waals surface area contributed by atoms with E-state index in [0.29, 0.717) is 32.0 Å². The van der Waals surface area contributed by atoms with Gasteiger partial charge in [-0.25, -0.2) is 12.7 Å². The van der Waals surface area contributed by atoms with Crippen LogP contribution >= 0.6 is 0 Å². The van der Waals surface area contributed by atoms with Crippen LogP contribution in [0.25, 0.3) is 0 Å². The fourth-order valence-corrected chi connectivity index (χ4v) is 3.00. The molecule has 1 aliphatic heterocycles. The summed E-state index contributed by atoms with van der Waals surface area (Å²) >= 11 is 0. The molecule has 0 radical (unpaired) electrons. The fraction of sp³-hybridized carbons (Fsp3) is 0.917. The van der Waals surface area contributed by atoms with Crippen molar-refractivity contribution in [1.29, 1.82) is 0 Å². The number of sulfonamides is 1. The second kappa shape index (κ2) is 7.09. The second-order valence-corrected chi connectivity index (χ2v) is 7.00. The van der Waals surface area contributed by atoms with Gasteiger partial charge in [-0.15, -0.1) is 0 Å². The van der Waals surface area contributed by atoms with E-state index in [0.717, 1.165) is 25.7 Å². The van der Waals surface area contributed by atoms with Crippen molar-refractivity contribution in [3.8, 4) is 0 Å². The molecule has 106 valence electrons.